The van der Waals surface area contributed by atoms with Crippen molar-refractivity contribution in [2.45, 2.75) is 572 Å². The second-order valence-corrected chi connectivity index (χ2v) is 53.8. The molecular weight excluding hydrogens is 1860 g/mol. The maximum Gasteiger partial charge on any atom is 0.347 e. The summed E-state index contributed by atoms with van der Waals surface area (Å²) < 4.78 is 64.5. The monoisotopic (exact) mass is 2060 g/mol. The molecule has 3 heterocycles. The van der Waals surface area contributed by atoms with Crippen LogP contribution in [0.4, 0.5) is 0 Å². The van der Waals surface area contributed by atoms with E-state index in [1.807, 2.05) is 145 Å². The molecule has 0 aromatic carbocycles. The van der Waals surface area contributed by atoms with Gasteiger partial charge in [0.15, 0.2) is 0 Å². The third kappa shape index (κ3) is 34.5. The standard InChI is InChI=1S/3C16H26O3.C15H28O2.C14H26O2.C12H22O2.3C10H16O4/c3*1-4-14(2,3)13(17)19-16-8-11-5-12(9-16)7-15(18,6-11)10-16;1-6-14(2,3)13(16)17-15(4,5)12-10-8-7-9-11-12;1-5-13(3,4)12(15)16-14(6-2)10-8-7-9-11-14;1-5-11(2,3)10(13)14-12(4)8-6-7-9-12;3*1-4-10(2,3)9(12)14-7-5-6-13-8(7)11/h3*11-12,18H,4-10H2,1-3H3;12H,6-11H2,1-5H3;5-11H2,1-4H3;5-9H2,1-4H3;3*7H,4-6H2,1-3H3. The molecule has 12 bridgehead atoms. The highest BCUT2D eigenvalue weighted by Gasteiger charge is 2.63. The molecule has 27 nitrogen and oxygen atoms in total. The van der Waals surface area contributed by atoms with Gasteiger partial charge in [-0.1, -0.05) is 94.9 Å². The van der Waals surface area contributed by atoms with Gasteiger partial charge < -0.3 is 72.2 Å². The summed E-state index contributed by atoms with van der Waals surface area (Å²) in [7, 11) is 0. The Kier molecular flexibility index (Phi) is 43.8. The first-order valence-corrected chi connectivity index (χ1v) is 57.0. The second kappa shape index (κ2) is 50.6. The van der Waals surface area contributed by atoms with Crippen molar-refractivity contribution in [1.82, 2.24) is 0 Å². The third-order valence-electron chi connectivity index (χ3n) is 36.9. The molecule has 0 spiro atoms. The van der Waals surface area contributed by atoms with Gasteiger partial charge in [-0.15, -0.1) is 0 Å². The first kappa shape index (κ1) is 126. The summed E-state index contributed by atoms with van der Waals surface area (Å²) in [6.07, 6.45) is 40.8. The van der Waals surface area contributed by atoms with Gasteiger partial charge in [-0.25, -0.2) is 14.4 Å². The lowest BCUT2D eigenvalue weighted by molar-refractivity contribution is -0.226. The van der Waals surface area contributed by atoms with Crippen LogP contribution >= 0.6 is 0 Å². The summed E-state index contributed by atoms with van der Waals surface area (Å²) in [6.45, 7) is 61.6. The highest BCUT2D eigenvalue weighted by molar-refractivity contribution is 5.85. The molecule has 3 N–H and O–H groups in total. The minimum Gasteiger partial charge on any atom is -0.463 e. The van der Waals surface area contributed by atoms with Crippen LogP contribution in [-0.2, 0) is 114 Å². The van der Waals surface area contributed by atoms with Gasteiger partial charge in [0.05, 0.1) is 85.4 Å². The zero-order valence-electron chi connectivity index (χ0n) is 96.9. The van der Waals surface area contributed by atoms with Crippen LogP contribution in [0.15, 0.2) is 0 Å². The van der Waals surface area contributed by atoms with E-state index >= 15 is 0 Å². The molecule has 15 saturated carbocycles. The van der Waals surface area contributed by atoms with Crippen LogP contribution in [0, 0.1) is 90.2 Å². The Morgan fingerprint density at radius 3 is 0.747 bits per heavy atom. The van der Waals surface area contributed by atoms with E-state index < -0.39 is 85.5 Å². The lowest BCUT2D eigenvalue weighted by atomic mass is 9.52. The summed E-state index contributed by atoms with van der Waals surface area (Å²) in [4.78, 5) is 141. The smallest absolute Gasteiger partial charge is 0.347 e. The molecule has 3 aliphatic heterocycles. The van der Waals surface area contributed by atoms with Crippen LogP contribution in [0.3, 0.4) is 0 Å². The van der Waals surface area contributed by atoms with Crippen molar-refractivity contribution in [3.8, 4) is 0 Å². The van der Waals surface area contributed by atoms with Crippen LogP contribution in [0.2, 0.25) is 0 Å². The maximum atomic E-state index is 12.4. The second-order valence-electron chi connectivity index (χ2n) is 53.8. The predicted molar refractivity (Wildman–Crippen MR) is 560 cm³/mol. The molecule has 0 aromatic heterocycles. The summed E-state index contributed by atoms with van der Waals surface area (Å²) >= 11 is 0. The van der Waals surface area contributed by atoms with Crippen molar-refractivity contribution in [2.75, 3.05) is 19.8 Å². The molecule has 18 fully saturated rings. The largest absolute Gasteiger partial charge is 0.463 e. The van der Waals surface area contributed by atoms with E-state index in [9.17, 15) is 72.9 Å². The lowest BCUT2D eigenvalue weighted by Gasteiger charge is -2.59. The Morgan fingerprint density at radius 1 is 0.288 bits per heavy atom. The van der Waals surface area contributed by atoms with Crippen molar-refractivity contribution in [1.29, 1.82) is 0 Å². The number of carbonyl (C=O) groups is 12. The van der Waals surface area contributed by atoms with Gasteiger partial charge in [0.1, 0.15) is 33.6 Å². The van der Waals surface area contributed by atoms with Crippen LogP contribution in [0.25, 0.3) is 0 Å². The molecule has 0 radical (unpaired) electrons. The summed E-state index contributed by atoms with van der Waals surface area (Å²) in [5.74, 6) is 1.28. The zero-order valence-corrected chi connectivity index (χ0v) is 96.9. The number of hydrogen-bond acceptors (Lipinski definition) is 27. The number of rotatable bonds is 29. The Morgan fingerprint density at radius 2 is 0.514 bits per heavy atom. The van der Waals surface area contributed by atoms with Crippen LogP contribution in [-0.4, -0.2) is 175 Å². The maximum absolute atomic E-state index is 12.4. The molecule has 840 valence electrons. The first-order valence-electron chi connectivity index (χ1n) is 57.0. The molecule has 0 amide bonds. The van der Waals surface area contributed by atoms with E-state index in [-0.39, 0.29) is 104 Å². The Labute approximate surface area is 878 Å². The molecule has 146 heavy (non-hydrogen) atoms. The zero-order chi connectivity index (χ0) is 110. The quantitative estimate of drug-likeness (QED) is 0.0462. The van der Waals surface area contributed by atoms with E-state index in [0.717, 1.165) is 148 Å². The van der Waals surface area contributed by atoms with Crippen molar-refractivity contribution in [3.63, 3.8) is 0 Å². The van der Waals surface area contributed by atoms with E-state index in [1.165, 1.54) is 83.5 Å². The fraction of sp³-hybridized carbons (Fsp3) is 0.899. The SMILES string of the molecule is CCC(C)(C)C(=O)OC(C)(C)C1CCCCC1.CCC(C)(C)C(=O)OC1(C)CCCC1.CCC(C)(C)C(=O)OC12CC3CC(CC(O)(C3)C1)C2.CCC(C)(C)C(=O)OC12CC3CC(CC(O)(C3)C1)C2.CCC(C)(C)C(=O)OC12CC3CC(CC(O)(C3)C1)C2.CCC(C)(C)C(=O)OC1CCOC1=O.CCC(C)(C)C(=O)OC1CCOC1=O.CCC(C)(C)C(=O)OC1CCOC1=O.CCC1(OC(=O)C(C)(C)CC)CCCCC1. The highest BCUT2D eigenvalue weighted by atomic mass is 16.6. The van der Waals surface area contributed by atoms with Crippen molar-refractivity contribution < 1.29 is 130 Å². The molecule has 0 aromatic rings. The molecule has 9 unspecified atom stereocenters. The molecular formula is C119H202O27. The molecule has 27 heteroatoms. The van der Waals surface area contributed by atoms with Gasteiger partial charge in [-0.3, -0.25) is 43.2 Å². The molecule has 15 aliphatic carbocycles. The lowest BCUT2D eigenvalue weighted by Crippen LogP contribution is -2.61. The third-order valence-corrected chi connectivity index (χ3v) is 36.9. The topological polar surface area (TPSA) is 376 Å². The number of ether oxygens (including phenoxy) is 12. The first-order chi connectivity index (χ1) is 67.3. The summed E-state index contributed by atoms with van der Waals surface area (Å²) in [5.41, 5.74) is -7.19. The van der Waals surface area contributed by atoms with Gasteiger partial charge in [-0.05, 0) is 412 Å². The van der Waals surface area contributed by atoms with Gasteiger partial charge in [0.25, 0.3) is 0 Å². The number of cyclic esters (lactones) is 3. The van der Waals surface area contributed by atoms with E-state index in [4.69, 9.17) is 56.8 Å². The molecule has 18 rings (SSSR count). The average Bonchev–Trinajstić information content (AvgIpc) is 1.06. The fourth-order valence-electron chi connectivity index (χ4n) is 23.6. The van der Waals surface area contributed by atoms with Gasteiger partial charge in [0.2, 0.25) is 18.3 Å². The Hall–Kier alpha value is -6.48. The number of aliphatic hydroxyl groups is 3. The number of esters is 12. The van der Waals surface area contributed by atoms with E-state index in [1.54, 1.807) is 41.5 Å². The fourth-order valence-corrected chi connectivity index (χ4v) is 23.6. The number of carbonyl (C=O) groups excluding carboxylic acids is 12. The average molecular weight is 2060 g/mol. The van der Waals surface area contributed by atoms with Crippen LogP contribution < -0.4 is 0 Å². The number of hydrogen-bond donors (Lipinski definition) is 3. The minimum atomic E-state index is -0.687. The Bertz CT molecular complexity index is 3990. The van der Waals surface area contributed by atoms with Crippen molar-refractivity contribution >= 4 is 71.6 Å². The minimum absolute atomic E-state index is 0.0150. The van der Waals surface area contributed by atoms with E-state index in [0.29, 0.717) is 119 Å². The molecule has 18 aliphatic rings. The highest BCUT2D eigenvalue weighted by Crippen LogP contribution is 2.63. The van der Waals surface area contributed by atoms with Crippen molar-refractivity contribution in [2.24, 2.45) is 90.2 Å². The summed E-state index contributed by atoms with van der Waals surface area (Å²) in [5, 5.41) is 31.9. The van der Waals surface area contributed by atoms with Crippen LogP contribution in [0.5, 0.6) is 0 Å². The van der Waals surface area contributed by atoms with Crippen molar-refractivity contribution in [3.05, 3.63) is 0 Å². The Balaban J connectivity index is 0.000000223. The van der Waals surface area contributed by atoms with Crippen LogP contribution in [0.1, 0.15) is 504 Å². The molecule has 9 atom stereocenters. The van der Waals surface area contributed by atoms with Gasteiger partial charge >= 0.3 is 71.6 Å². The van der Waals surface area contributed by atoms with E-state index in [2.05, 4.69) is 27.7 Å². The molecule has 3 saturated heterocycles. The normalized spacial score (nSPS) is 30.1. The predicted octanol–water partition coefficient (Wildman–Crippen LogP) is 24.7. The van der Waals surface area contributed by atoms with Gasteiger partial charge in [0, 0.05) is 38.5 Å². The summed E-state index contributed by atoms with van der Waals surface area (Å²) in [6, 6.07) is 0. The van der Waals surface area contributed by atoms with Gasteiger partial charge in [-0.2, -0.15) is 0 Å².